The number of anilines is 9. The van der Waals surface area contributed by atoms with Crippen molar-refractivity contribution >= 4 is 96.4 Å². The number of amides is 2. The lowest BCUT2D eigenvalue weighted by molar-refractivity contribution is -0.671. The van der Waals surface area contributed by atoms with Gasteiger partial charge in [0.05, 0.1) is 27.4 Å². The normalized spacial score (nSPS) is 9.91. The van der Waals surface area contributed by atoms with Crippen molar-refractivity contribution in [1.29, 1.82) is 0 Å². The van der Waals surface area contributed by atoms with Gasteiger partial charge in [0.15, 0.2) is 24.8 Å². The number of aromatic nitrogens is 4. The van der Waals surface area contributed by atoms with E-state index in [2.05, 4.69) is 60.6 Å². The molecule has 0 aliphatic carbocycles. The van der Waals surface area contributed by atoms with Crippen LogP contribution in [-0.4, -0.2) is 32.3 Å². The van der Waals surface area contributed by atoms with Gasteiger partial charge in [0.2, 0.25) is 0 Å². The monoisotopic (exact) mass is 1090 g/mol. The number of nitrogens with one attached hydrogen (secondary N) is 5. The molecule has 2 amide bonds. The van der Waals surface area contributed by atoms with Crippen molar-refractivity contribution in [2.75, 3.05) is 32.3 Å². The van der Waals surface area contributed by atoms with E-state index < -0.39 is 0 Å². The summed E-state index contributed by atoms with van der Waals surface area (Å²) in [4.78, 5) is 33.7. The quantitative estimate of drug-likeness (QED) is 0.0304. The number of pyridine rings is 4. The number of carbonyl (C=O) groups is 2. The molecule has 0 spiro atoms. The van der Waals surface area contributed by atoms with Crippen molar-refractivity contribution in [1.82, 2.24) is 9.97 Å². The van der Waals surface area contributed by atoms with Gasteiger partial charge in [-0.1, -0.05) is 59.5 Å². The fraction of sp³-hybridized carbons (Fsp3) is 0.0847. The molecule has 4 aromatic heterocycles. The van der Waals surface area contributed by atoms with Crippen LogP contribution in [0, 0.1) is 13.8 Å². The zero-order valence-corrected chi connectivity index (χ0v) is 44.0. The van der Waals surface area contributed by atoms with Gasteiger partial charge in [-0.15, -0.1) is 0 Å². The first kappa shape index (κ1) is 60.9. The van der Waals surface area contributed by atoms with Crippen LogP contribution in [0.4, 0.5) is 51.2 Å². The second kappa shape index (κ2) is 30.0. The number of halogens is 3. The summed E-state index contributed by atoms with van der Waals surface area (Å²) in [6, 6.07) is 53.5. The maximum Gasteiger partial charge on any atom is 0.255 e. The number of nitrogen functional groups attached to an aromatic ring is 1. The summed E-state index contributed by atoms with van der Waals surface area (Å²) in [5.41, 5.74) is 18.8. The first-order valence-corrected chi connectivity index (χ1v) is 23.5. The van der Waals surface area contributed by atoms with Gasteiger partial charge in [-0.3, -0.25) is 19.6 Å². The Labute approximate surface area is 465 Å². The molecule has 0 aliphatic heterocycles. The highest BCUT2D eigenvalue weighted by Crippen LogP contribution is 2.27. The third-order valence-corrected chi connectivity index (χ3v) is 11.4. The van der Waals surface area contributed by atoms with E-state index >= 15 is 0 Å². The van der Waals surface area contributed by atoms with Crippen molar-refractivity contribution in [2.45, 2.75) is 21.3 Å². The molecule has 6 aromatic carbocycles. The summed E-state index contributed by atoms with van der Waals surface area (Å²) in [7, 11) is 3.95. The minimum Gasteiger partial charge on any atom is -1.00 e. The van der Waals surface area contributed by atoms with Crippen molar-refractivity contribution < 1.29 is 59.1 Å². The second-order valence-corrected chi connectivity index (χ2v) is 17.3. The Morgan fingerprint density at radius 3 is 1.39 bits per heavy atom. The Morgan fingerprint density at radius 1 is 0.506 bits per heavy atom. The van der Waals surface area contributed by atoms with Gasteiger partial charge in [-0.2, -0.15) is 0 Å². The molecule has 0 unspecified atom stereocenters. The molecule has 0 saturated carbocycles. The molecule has 0 atom stereocenters. The summed E-state index contributed by atoms with van der Waals surface area (Å²) in [5, 5.41) is 34.3. The van der Waals surface area contributed by atoms with Crippen LogP contribution < -0.4 is 66.3 Å². The predicted molar refractivity (Wildman–Crippen MR) is 302 cm³/mol. The molecule has 4 heterocycles. The Balaban J connectivity index is 0.000000263. The Hall–Kier alpha value is -8.67. The van der Waals surface area contributed by atoms with E-state index in [9.17, 15) is 9.59 Å². The first-order chi connectivity index (χ1) is 35.8. The summed E-state index contributed by atoms with van der Waals surface area (Å²) < 4.78 is 3.94. The van der Waals surface area contributed by atoms with Crippen LogP contribution in [0.15, 0.2) is 207 Å². The average molecular weight is 1090 g/mol. The summed E-state index contributed by atoms with van der Waals surface area (Å²) in [6.07, 6.45) is 11.4. The molecule has 0 fully saturated rings. The lowest BCUT2D eigenvalue weighted by atomic mass is 10.1. The second-order valence-electron chi connectivity index (χ2n) is 16.9. The lowest BCUT2D eigenvalue weighted by Crippen LogP contribution is -3.00. The number of rotatable bonds is 10. The molecule has 0 radical (unpaired) electrons. The van der Waals surface area contributed by atoms with Gasteiger partial charge in [-0.05, 0) is 135 Å². The molecule has 18 heteroatoms. The van der Waals surface area contributed by atoms with Gasteiger partial charge >= 0.3 is 0 Å². The number of benzene rings is 6. The average Bonchev–Trinajstić information content (AvgIpc) is 3.39. The molecule has 0 aliphatic rings. The zero-order valence-electron chi connectivity index (χ0n) is 41.7. The number of hydrogen-bond donors (Lipinski definition) is 8. The third kappa shape index (κ3) is 18.3. The van der Waals surface area contributed by atoms with Crippen molar-refractivity contribution in [3.63, 3.8) is 0 Å². The molecule has 0 bridgehead atoms. The molecule has 15 nitrogen and oxygen atoms in total. The van der Waals surface area contributed by atoms with E-state index in [1.807, 2.05) is 188 Å². The highest BCUT2D eigenvalue weighted by atomic mass is 35.5. The van der Waals surface area contributed by atoms with E-state index in [1.54, 1.807) is 36.7 Å². The minimum absolute atomic E-state index is 0. The van der Waals surface area contributed by atoms with Crippen molar-refractivity contribution in [3.8, 4) is 0 Å². The Morgan fingerprint density at radius 2 is 0.909 bits per heavy atom. The van der Waals surface area contributed by atoms with Crippen LogP contribution in [-0.2, 0) is 19.1 Å². The smallest absolute Gasteiger partial charge is 0.255 e. The molecule has 396 valence electrons. The Bertz CT molecular complexity index is 3480. The summed E-state index contributed by atoms with van der Waals surface area (Å²) >= 11 is 5.99. The third-order valence-electron chi connectivity index (χ3n) is 11.1. The first-order valence-electron chi connectivity index (χ1n) is 23.1. The molecule has 9 N–H and O–H groups in total. The van der Waals surface area contributed by atoms with Crippen LogP contribution in [0.1, 0.15) is 39.3 Å². The van der Waals surface area contributed by atoms with Crippen molar-refractivity contribution in [3.05, 3.63) is 234 Å². The fourth-order valence-corrected chi connectivity index (χ4v) is 7.56. The van der Waals surface area contributed by atoms with Crippen LogP contribution in [0.25, 0.3) is 21.8 Å². The standard InChI is InChI=1S/C29H25N5O.C19H18N4O.C10H8ClN.CH4.2ClH.H2O3/c1-20-6-11-27-26(18-20)28(12-15-30-27)32-22-9-7-21(8-10-22)29(35)33-25-5-3-4-24(19-25)31-23-13-16-34(2)17-14-23;1-23-11-9-16(10-12-23)21-17-3-2-4-18(13-17)22-19(24)14-5-7-15(20)8-6-14;1-7-2-3-10-8(6-7)9(11)4-5-12-10;;;;1-3-2/h3-19H,1-2H3,(H2,30,32,33,35);2-13H,1H3,(H3,20,22,24);2-6H,1H3;1H4;2*1H;1-2H. The molecular formula is C59H59Cl3N10O5. The van der Waals surface area contributed by atoms with E-state index in [0.717, 1.165) is 72.3 Å². The fourth-order valence-electron chi connectivity index (χ4n) is 7.35. The predicted octanol–water partition coefficient (Wildman–Crippen LogP) is 6.99. The van der Waals surface area contributed by atoms with Gasteiger partial charge in [0.1, 0.15) is 14.1 Å². The van der Waals surface area contributed by atoms with E-state index in [4.69, 9.17) is 27.8 Å². The number of carbonyl (C=O) groups excluding carboxylic acids is 2. The number of aryl methyl sites for hydroxylation is 4. The maximum absolute atomic E-state index is 12.8. The van der Waals surface area contributed by atoms with Crippen LogP contribution in [0.3, 0.4) is 0 Å². The summed E-state index contributed by atoms with van der Waals surface area (Å²) in [6.45, 7) is 4.11. The number of hydrogen-bond acceptors (Lipinski definition) is 11. The molecule has 10 aromatic rings. The number of nitrogens with zero attached hydrogens (tertiary/aromatic N) is 4. The van der Waals surface area contributed by atoms with Crippen molar-refractivity contribution in [2.24, 2.45) is 14.1 Å². The van der Waals surface area contributed by atoms with E-state index in [0.29, 0.717) is 16.8 Å². The van der Waals surface area contributed by atoms with Gasteiger partial charge in [0.25, 0.3) is 11.8 Å². The van der Waals surface area contributed by atoms with Crippen LogP contribution in [0.5, 0.6) is 0 Å². The van der Waals surface area contributed by atoms with Crippen LogP contribution in [0.2, 0.25) is 5.02 Å². The minimum atomic E-state index is -0.168. The molecule has 10 rings (SSSR count). The van der Waals surface area contributed by atoms with E-state index in [1.165, 1.54) is 11.1 Å². The summed E-state index contributed by atoms with van der Waals surface area (Å²) in [5.74, 6) is -0.329. The largest absolute Gasteiger partial charge is 1.00 e. The van der Waals surface area contributed by atoms with Gasteiger partial charge in [0, 0.05) is 98.4 Å². The highest BCUT2D eigenvalue weighted by molar-refractivity contribution is 6.35. The van der Waals surface area contributed by atoms with Crippen LogP contribution >= 0.6 is 11.6 Å². The lowest BCUT2D eigenvalue weighted by Gasteiger charge is -2.11. The topological polar surface area (TPSA) is 204 Å². The SMILES string of the molecule is C.C[n+]1ccc(Nc2cccc(NC(=O)c3ccc(N)cc3)c2)cc1.Cc1ccc2nccc(Cl)c2c1.Cc1ccc2nccc(Nc3ccc(C(=O)Nc4cccc(Nc5cc[n+](C)cc5)c4)cc3)c2c1.OOO.[Cl-].[Cl-]. The number of fused-ring (bicyclic) bond motifs is 2. The molecule has 0 saturated heterocycles. The Kier molecular flexibility index (Phi) is 23.7. The van der Waals surface area contributed by atoms with Gasteiger partial charge < -0.3 is 57.1 Å². The van der Waals surface area contributed by atoms with E-state index in [-0.39, 0.29) is 44.1 Å². The maximum atomic E-state index is 12.8. The highest BCUT2D eigenvalue weighted by Gasteiger charge is 2.10. The van der Waals surface area contributed by atoms with Gasteiger partial charge in [-0.25, -0.2) is 19.6 Å². The number of nitrogens with two attached hydrogens (primary N) is 1. The molecule has 77 heavy (non-hydrogen) atoms. The molecular weight excluding hydrogens is 1040 g/mol. The zero-order chi connectivity index (χ0) is 52.4.